The Hall–Kier alpha value is 0.210. The molecule has 2 nitrogen and oxygen atoms in total. The molecule has 3 heteroatoms. The monoisotopic (exact) mass is 165 g/mol. The minimum absolute atomic E-state index is 0. The number of nitrogens with one attached hydrogen (secondary N) is 1. The van der Waals surface area contributed by atoms with E-state index < -0.39 is 0 Å². The van der Waals surface area contributed by atoms with Gasteiger partial charge in [-0.1, -0.05) is 12.8 Å². The summed E-state index contributed by atoms with van der Waals surface area (Å²) in [4.78, 5) is 0. The topological polar surface area (TPSA) is 32.3 Å². The maximum atomic E-state index is 8.75. The Morgan fingerprint density at radius 1 is 1.30 bits per heavy atom. The Morgan fingerprint density at radius 2 is 2.10 bits per heavy atom. The fraction of sp³-hybridized carbons (Fsp3) is 1.00. The van der Waals surface area contributed by atoms with Crippen LogP contribution in [0.5, 0.6) is 0 Å². The van der Waals surface area contributed by atoms with E-state index in [4.69, 9.17) is 5.11 Å². The molecule has 0 aromatic carbocycles. The summed E-state index contributed by atoms with van der Waals surface area (Å²) in [5.74, 6) is 0. The average Bonchev–Trinajstić information content (AvgIpc) is 2.13. The van der Waals surface area contributed by atoms with Crippen molar-refractivity contribution in [2.75, 3.05) is 13.2 Å². The van der Waals surface area contributed by atoms with E-state index in [1.54, 1.807) is 0 Å². The molecular weight excluding hydrogens is 150 g/mol. The number of hydrogen-bond donors (Lipinski definition) is 2. The lowest BCUT2D eigenvalue weighted by atomic mass is 10.1. The zero-order valence-corrected chi connectivity index (χ0v) is 6.99. The SMILES string of the molecule is Cl.OCC1CCCCCN1. The molecule has 1 heterocycles. The first kappa shape index (κ1) is 10.2. The second-order valence-corrected chi connectivity index (χ2v) is 2.68. The van der Waals surface area contributed by atoms with E-state index in [0.717, 1.165) is 13.0 Å². The molecule has 1 saturated heterocycles. The summed E-state index contributed by atoms with van der Waals surface area (Å²) in [7, 11) is 0. The summed E-state index contributed by atoms with van der Waals surface area (Å²) in [5, 5.41) is 12.0. The quantitative estimate of drug-likeness (QED) is 0.606. The van der Waals surface area contributed by atoms with Gasteiger partial charge < -0.3 is 10.4 Å². The van der Waals surface area contributed by atoms with Gasteiger partial charge in [-0.05, 0) is 19.4 Å². The van der Waals surface area contributed by atoms with Gasteiger partial charge in [-0.2, -0.15) is 0 Å². The molecule has 62 valence electrons. The Bertz CT molecular complexity index is 72.0. The van der Waals surface area contributed by atoms with Gasteiger partial charge in [0.05, 0.1) is 6.61 Å². The average molecular weight is 166 g/mol. The fourth-order valence-electron chi connectivity index (χ4n) is 1.26. The summed E-state index contributed by atoms with van der Waals surface area (Å²) in [6, 6.07) is 0.382. The molecule has 0 amide bonds. The van der Waals surface area contributed by atoms with Crippen molar-refractivity contribution >= 4 is 12.4 Å². The van der Waals surface area contributed by atoms with Crippen molar-refractivity contribution in [3.05, 3.63) is 0 Å². The van der Waals surface area contributed by atoms with Gasteiger partial charge in [-0.15, -0.1) is 12.4 Å². The van der Waals surface area contributed by atoms with Crippen molar-refractivity contribution in [1.82, 2.24) is 5.32 Å². The van der Waals surface area contributed by atoms with Crippen LogP contribution in [0.15, 0.2) is 0 Å². The Balaban J connectivity index is 0.000000810. The number of aliphatic hydroxyl groups excluding tert-OH is 1. The number of hydrogen-bond acceptors (Lipinski definition) is 2. The first-order valence-electron chi connectivity index (χ1n) is 3.77. The standard InChI is InChI=1S/C7H15NO.ClH/c9-6-7-4-2-1-3-5-8-7;/h7-9H,1-6H2;1H. The van der Waals surface area contributed by atoms with Crippen LogP contribution in [0.1, 0.15) is 25.7 Å². The van der Waals surface area contributed by atoms with Crippen LogP contribution in [-0.2, 0) is 0 Å². The van der Waals surface area contributed by atoms with Gasteiger partial charge in [0.25, 0.3) is 0 Å². The van der Waals surface area contributed by atoms with Crippen LogP contribution >= 0.6 is 12.4 Å². The van der Waals surface area contributed by atoms with E-state index in [9.17, 15) is 0 Å². The molecule has 0 radical (unpaired) electrons. The maximum Gasteiger partial charge on any atom is 0.0584 e. The van der Waals surface area contributed by atoms with E-state index in [1.165, 1.54) is 19.3 Å². The Morgan fingerprint density at radius 3 is 2.80 bits per heavy atom. The van der Waals surface area contributed by atoms with Gasteiger partial charge in [-0.3, -0.25) is 0 Å². The number of rotatable bonds is 1. The van der Waals surface area contributed by atoms with Crippen molar-refractivity contribution < 1.29 is 5.11 Å². The van der Waals surface area contributed by atoms with Crippen LogP contribution in [0.2, 0.25) is 0 Å². The first-order valence-corrected chi connectivity index (χ1v) is 3.77. The van der Waals surface area contributed by atoms with Gasteiger partial charge in [-0.25, -0.2) is 0 Å². The molecule has 1 fully saturated rings. The summed E-state index contributed by atoms with van der Waals surface area (Å²) in [5.41, 5.74) is 0. The highest BCUT2D eigenvalue weighted by Gasteiger charge is 2.08. The molecule has 10 heavy (non-hydrogen) atoms. The predicted octanol–water partition coefficient (Wildman–Crippen LogP) is 0.933. The molecule has 2 N–H and O–H groups in total. The van der Waals surface area contributed by atoms with E-state index >= 15 is 0 Å². The van der Waals surface area contributed by atoms with Crippen molar-refractivity contribution in [3.63, 3.8) is 0 Å². The molecule has 1 aliphatic heterocycles. The van der Waals surface area contributed by atoms with Crippen LogP contribution in [0.3, 0.4) is 0 Å². The number of aliphatic hydroxyl groups is 1. The van der Waals surface area contributed by atoms with Crippen molar-refractivity contribution in [3.8, 4) is 0 Å². The molecule has 0 aliphatic carbocycles. The zero-order valence-electron chi connectivity index (χ0n) is 6.18. The third-order valence-corrected chi connectivity index (χ3v) is 1.88. The second kappa shape index (κ2) is 5.96. The summed E-state index contributed by atoms with van der Waals surface area (Å²) in [6.45, 7) is 1.39. The van der Waals surface area contributed by atoms with Gasteiger partial charge in [0.15, 0.2) is 0 Å². The first-order chi connectivity index (χ1) is 4.43. The Labute approximate surface area is 68.4 Å². The highest BCUT2D eigenvalue weighted by Crippen LogP contribution is 2.06. The smallest absolute Gasteiger partial charge is 0.0584 e. The highest BCUT2D eigenvalue weighted by atomic mass is 35.5. The molecule has 1 rings (SSSR count). The lowest BCUT2D eigenvalue weighted by molar-refractivity contribution is 0.240. The normalized spacial score (nSPS) is 26.7. The van der Waals surface area contributed by atoms with Gasteiger partial charge in [0, 0.05) is 6.04 Å². The van der Waals surface area contributed by atoms with Gasteiger partial charge >= 0.3 is 0 Å². The van der Waals surface area contributed by atoms with Crippen molar-refractivity contribution in [2.24, 2.45) is 0 Å². The minimum atomic E-state index is 0. The molecule has 0 saturated carbocycles. The highest BCUT2D eigenvalue weighted by molar-refractivity contribution is 5.85. The van der Waals surface area contributed by atoms with Crippen LogP contribution in [-0.4, -0.2) is 24.3 Å². The van der Waals surface area contributed by atoms with Crippen molar-refractivity contribution in [1.29, 1.82) is 0 Å². The number of halogens is 1. The summed E-state index contributed by atoms with van der Waals surface area (Å²) in [6.07, 6.45) is 5.02. The largest absolute Gasteiger partial charge is 0.395 e. The molecular formula is C7H16ClNO. The summed E-state index contributed by atoms with van der Waals surface area (Å²) < 4.78 is 0. The maximum absolute atomic E-state index is 8.75. The second-order valence-electron chi connectivity index (χ2n) is 2.68. The Kier molecular flexibility index (Phi) is 6.08. The van der Waals surface area contributed by atoms with Gasteiger partial charge in [0.1, 0.15) is 0 Å². The van der Waals surface area contributed by atoms with E-state index in [2.05, 4.69) is 5.32 Å². The predicted molar refractivity (Wildman–Crippen MR) is 44.6 cm³/mol. The summed E-state index contributed by atoms with van der Waals surface area (Å²) >= 11 is 0. The zero-order chi connectivity index (χ0) is 6.53. The van der Waals surface area contributed by atoms with Crippen LogP contribution in [0.4, 0.5) is 0 Å². The molecule has 1 aliphatic rings. The third-order valence-electron chi connectivity index (χ3n) is 1.88. The van der Waals surface area contributed by atoms with Gasteiger partial charge in [0.2, 0.25) is 0 Å². The van der Waals surface area contributed by atoms with Crippen molar-refractivity contribution in [2.45, 2.75) is 31.7 Å². The van der Waals surface area contributed by atoms with E-state index in [-0.39, 0.29) is 12.4 Å². The molecule has 0 spiro atoms. The molecule has 0 bridgehead atoms. The lowest BCUT2D eigenvalue weighted by Crippen LogP contribution is -2.31. The van der Waals surface area contributed by atoms with Crippen LogP contribution in [0.25, 0.3) is 0 Å². The minimum Gasteiger partial charge on any atom is -0.395 e. The molecule has 1 atom stereocenters. The molecule has 0 aromatic rings. The van der Waals surface area contributed by atoms with E-state index in [0.29, 0.717) is 12.6 Å². The van der Waals surface area contributed by atoms with Crippen LogP contribution < -0.4 is 5.32 Å². The fourth-order valence-corrected chi connectivity index (χ4v) is 1.26. The molecule has 1 unspecified atom stereocenters. The molecule has 0 aromatic heterocycles. The third kappa shape index (κ3) is 3.40. The van der Waals surface area contributed by atoms with E-state index in [1.807, 2.05) is 0 Å². The van der Waals surface area contributed by atoms with Crippen LogP contribution in [0, 0.1) is 0 Å². The lowest BCUT2D eigenvalue weighted by Gasteiger charge is -2.10.